The van der Waals surface area contributed by atoms with E-state index in [0.29, 0.717) is 264 Å². The van der Waals surface area contributed by atoms with Crippen LogP contribution in [0.3, 0.4) is 0 Å². The number of rotatable bonds is 71. The minimum absolute atomic E-state index is 0.0284. The molecular weight excluding hydrogens is 1510 g/mol. The van der Waals surface area contributed by atoms with Gasteiger partial charge in [-0.15, -0.1) is 0 Å². The van der Waals surface area contributed by atoms with Crippen molar-refractivity contribution in [1.82, 2.24) is 10.6 Å². The number of alkyl carbamates (subject to hydrolysis) is 2. The molecule has 0 atom stereocenters. The van der Waals surface area contributed by atoms with Crippen LogP contribution in [0.4, 0.5) is 9.59 Å². The van der Waals surface area contributed by atoms with Gasteiger partial charge in [0, 0.05) is 31.5 Å². The second kappa shape index (κ2) is 63.9. The van der Waals surface area contributed by atoms with E-state index < -0.39 is 18.2 Å². The van der Waals surface area contributed by atoms with Gasteiger partial charge in [0.25, 0.3) is 0 Å². The number of hydrogen-bond acceptors (Lipinski definition) is 27. The van der Waals surface area contributed by atoms with Gasteiger partial charge in [0.15, 0.2) is 0 Å². The third-order valence-corrected chi connectivity index (χ3v) is 17.0. The summed E-state index contributed by atoms with van der Waals surface area (Å²) in [6.07, 6.45) is -0.914. The number of fused-ring (bicyclic) bond motifs is 6. The van der Waals surface area contributed by atoms with Crippen LogP contribution in [0.2, 0.25) is 0 Å². The van der Waals surface area contributed by atoms with Gasteiger partial charge in [-0.2, -0.15) is 0 Å². The molecule has 0 fully saturated rings. The first-order valence-electron chi connectivity index (χ1n) is 39.9. The molecule has 2 amide bonds. The van der Waals surface area contributed by atoms with Crippen molar-refractivity contribution in [3.8, 4) is 45.3 Å². The van der Waals surface area contributed by atoms with Gasteiger partial charge in [0.2, 0.25) is 0 Å². The number of carbonyl (C=O) groups excluding carboxylic acids is 2. The molecule has 30 heteroatoms. The van der Waals surface area contributed by atoms with Crippen molar-refractivity contribution < 1.29 is 133 Å². The Kier molecular flexibility index (Phi) is 52.3. The Morgan fingerprint density at radius 3 is 0.681 bits per heavy atom. The molecule has 0 aliphatic heterocycles. The maximum atomic E-state index is 12.3. The number of hydrogen-bond donors (Lipinski definition) is 3. The van der Waals surface area contributed by atoms with Crippen LogP contribution in [-0.4, -0.2) is 314 Å². The number of carbonyl (C=O) groups is 3. The maximum Gasteiger partial charge on any atom is 0.407 e. The number of amides is 2. The Balaban J connectivity index is 0.000000321. The Labute approximate surface area is 681 Å². The lowest BCUT2D eigenvalue weighted by molar-refractivity contribution is -0.142. The third-order valence-electron chi connectivity index (χ3n) is 17.0. The molecular formula is C86H120N2O28. The van der Waals surface area contributed by atoms with E-state index in [1.165, 1.54) is 44.5 Å². The monoisotopic (exact) mass is 1630 g/mol. The van der Waals surface area contributed by atoms with Crippen LogP contribution in [0.25, 0.3) is 22.3 Å². The molecule has 0 radical (unpaired) electrons. The fraction of sp³-hybridized carbons (Fsp3) is 0.547. The summed E-state index contributed by atoms with van der Waals surface area (Å²) >= 11 is 0. The number of carboxylic acid groups (broad SMARTS) is 1. The van der Waals surface area contributed by atoms with Gasteiger partial charge in [0.1, 0.15) is 69.2 Å². The molecule has 6 aromatic carbocycles. The molecule has 0 saturated carbocycles. The largest absolute Gasteiger partial charge is 0.491 e. The summed E-state index contributed by atoms with van der Waals surface area (Å²) in [5, 5.41) is 13.9. The molecule has 0 saturated heterocycles. The molecule has 6 aromatic rings. The highest BCUT2D eigenvalue weighted by atomic mass is 16.6. The van der Waals surface area contributed by atoms with E-state index in [2.05, 4.69) is 59.2 Å². The number of carboxylic acids is 1. The molecule has 0 spiro atoms. The SMILES string of the molecule is CCOCCOCCOCCOCCOCCOc1ccc(OCCOCCOCCOCCOCCNC(=O)OCC2c3ccccc3-c3ccccc32)cc1.O=C(O)COCCOCCOCCOCCOCCOc1ccc(OCCOCCOCCOCCOCCNC(=O)OCC2c3ccccc3-c3ccccc32)cc1. The molecule has 642 valence electrons. The van der Waals surface area contributed by atoms with Crippen molar-refractivity contribution in [2.24, 2.45) is 0 Å². The summed E-state index contributed by atoms with van der Waals surface area (Å²) in [6.45, 7) is 20.6. The molecule has 3 N–H and O–H groups in total. The number of aliphatic carboxylic acids is 1. The average molecular weight is 1630 g/mol. The van der Waals surface area contributed by atoms with Crippen LogP contribution >= 0.6 is 0 Å². The minimum atomic E-state index is -1.00. The lowest BCUT2D eigenvalue weighted by Crippen LogP contribution is -2.29. The predicted octanol–water partition coefficient (Wildman–Crippen LogP) is 9.37. The summed E-state index contributed by atoms with van der Waals surface area (Å²) in [4.78, 5) is 34.9. The van der Waals surface area contributed by atoms with Crippen LogP contribution in [0.5, 0.6) is 23.0 Å². The lowest BCUT2D eigenvalue weighted by atomic mass is 9.98. The van der Waals surface area contributed by atoms with Gasteiger partial charge in [-0.3, -0.25) is 0 Å². The number of nitrogens with one attached hydrogen (secondary N) is 2. The first-order valence-corrected chi connectivity index (χ1v) is 39.9. The van der Waals surface area contributed by atoms with Gasteiger partial charge in [-0.1, -0.05) is 97.1 Å². The number of benzene rings is 6. The molecule has 2 aliphatic carbocycles. The smallest absolute Gasteiger partial charge is 0.407 e. The topological polar surface area (TPSA) is 317 Å². The number of ether oxygens (including phenoxy) is 24. The van der Waals surface area contributed by atoms with Crippen molar-refractivity contribution in [3.05, 3.63) is 168 Å². The minimum Gasteiger partial charge on any atom is -0.491 e. The zero-order valence-electron chi connectivity index (χ0n) is 67.1. The maximum absolute atomic E-state index is 12.3. The van der Waals surface area contributed by atoms with Gasteiger partial charge in [0.05, 0.1) is 225 Å². The van der Waals surface area contributed by atoms with E-state index in [1.807, 2.05) is 104 Å². The zero-order valence-corrected chi connectivity index (χ0v) is 67.1. The summed E-state index contributed by atoms with van der Waals surface area (Å²) < 4.78 is 132. The van der Waals surface area contributed by atoms with E-state index in [-0.39, 0.29) is 38.3 Å². The molecule has 2 aliphatic rings. The van der Waals surface area contributed by atoms with Crippen LogP contribution < -0.4 is 29.6 Å². The van der Waals surface area contributed by atoms with Crippen molar-refractivity contribution >= 4 is 18.2 Å². The van der Waals surface area contributed by atoms with E-state index >= 15 is 0 Å². The lowest BCUT2D eigenvalue weighted by Gasteiger charge is -2.14. The van der Waals surface area contributed by atoms with Crippen LogP contribution in [0.15, 0.2) is 146 Å². The second-order valence-electron chi connectivity index (χ2n) is 25.3. The van der Waals surface area contributed by atoms with Gasteiger partial charge < -0.3 is 129 Å². The van der Waals surface area contributed by atoms with E-state index in [4.69, 9.17) is 119 Å². The Hall–Kier alpha value is -8.19. The average Bonchev–Trinajstić information content (AvgIpc) is 1.62. The van der Waals surface area contributed by atoms with E-state index in [9.17, 15) is 14.4 Å². The van der Waals surface area contributed by atoms with Gasteiger partial charge in [-0.05, 0) is 100.0 Å². The van der Waals surface area contributed by atoms with Crippen LogP contribution in [0, 0.1) is 0 Å². The molecule has 30 nitrogen and oxygen atoms in total. The third kappa shape index (κ3) is 42.3. The standard InChI is InChI=1S/C43H59NO15.C43H61NO13/c45-42(46)34-56-28-27-53-22-21-50-19-20-52-24-26-55-30-32-58-36-11-9-35(10-12-36)57-31-29-54-25-23-51-18-17-49-16-15-48-14-13-44-43(47)59-33-41-39-7-3-1-5-37(39)38-6-2-4-8-40(38)41;1-2-46-17-18-48-21-22-50-25-26-52-28-30-54-32-34-56-37-13-11-36(12-14-37)55-33-31-53-29-27-51-24-23-49-20-19-47-16-15-44-43(45)57-35-42-40-9-5-3-7-38(40)39-8-4-6-10-41(39)42/h1-12,41H,13-34H2,(H,44,47)(H,45,46);3-14,42H,2,15-35H2,1H3,(H,44,45). The molecule has 8 rings (SSSR count). The molecule has 116 heavy (non-hydrogen) atoms. The molecule has 0 aromatic heterocycles. The first kappa shape index (κ1) is 95.0. The Bertz CT molecular complexity index is 3380. The second-order valence-corrected chi connectivity index (χ2v) is 25.3. The fourth-order valence-electron chi connectivity index (χ4n) is 11.5. The summed E-state index contributed by atoms with van der Waals surface area (Å²) in [6, 6.07) is 47.8. The van der Waals surface area contributed by atoms with Gasteiger partial charge >= 0.3 is 18.2 Å². The Morgan fingerprint density at radius 2 is 0.457 bits per heavy atom. The molecule has 0 heterocycles. The highest BCUT2D eigenvalue weighted by molar-refractivity contribution is 5.80. The Morgan fingerprint density at radius 1 is 0.259 bits per heavy atom. The quantitative estimate of drug-likeness (QED) is 0.0299. The highest BCUT2D eigenvalue weighted by Crippen LogP contribution is 2.46. The zero-order chi connectivity index (χ0) is 81.3. The fourth-order valence-corrected chi connectivity index (χ4v) is 11.5. The summed E-state index contributed by atoms with van der Waals surface area (Å²) in [7, 11) is 0. The molecule has 0 unspecified atom stereocenters. The summed E-state index contributed by atoms with van der Waals surface area (Å²) in [5.74, 6) is 1.98. The van der Waals surface area contributed by atoms with Crippen LogP contribution in [-0.2, 0) is 99.5 Å². The summed E-state index contributed by atoms with van der Waals surface area (Å²) in [5.41, 5.74) is 9.52. The van der Waals surface area contributed by atoms with E-state index in [0.717, 1.165) is 23.0 Å². The highest BCUT2D eigenvalue weighted by Gasteiger charge is 2.30. The first-order chi connectivity index (χ1) is 57.4. The van der Waals surface area contributed by atoms with E-state index in [1.54, 1.807) is 0 Å². The normalized spacial score (nSPS) is 12.0. The molecule has 0 bridgehead atoms. The van der Waals surface area contributed by atoms with Crippen molar-refractivity contribution in [2.45, 2.75) is 18.8 Å². The van der Waals surface area contributed by atoms with Crippen molar-refractivity contribution in [3.63, 3.8) is 0 Å². The van der Waals surface area contributed by atoms with Crippen molar-refractivity contribution in [1.29, 1.82) is 0 Å². The predicted molar refractivity (Wildman–Crippen MR) is 429 cm³/mol. The van der Waals surface area contributed by atoms with Gasteiger partial charge in [-0.25, -0.2) is 14.4 Å². The van der Waals surface area contributed by atoms with Crippen molar-refractivity contribution in [2.75, 3.05) is 291 Å². The van der Waals surface area contributed by atoms with Crippen LogP contribution in [0.1, 0.15) is 41.0 Å².